The Kier molecular flexibility index (Phi) is 6.90. The van der Waals surface area contributed by atoms with Crippen molar-refractivity contribution in [1.82, 2.24) is 0 Å². The zero-order valence-corrected chi connectivity index (χ0v) is 11.9. The average Bonchev–Trinajstić information content (AvgIpc) is 2.37. The first-order valence-electron chi connectivity index (χ1n) is 5.75. The number of hydrogen-bond acceptors (Lipinski definition) is 4. The molecule has 0 saturated carbocycles. The maximum Gasteiger partial charge on any atom is 0.335 e. The summed E-state index contributed by atoms with van der Waals surface area (Å²) in [5.41, 5.74) is 1.24. The van der Waals surface area contributed by atoms with Gasteiger partial charge in [0.25, 0.3) is 0 Å². The molecule has 1 aromatic rings. The van der Waals surface area contributed by atoms with E-state index in [1.807, 2.05) is 0 Å². The maximum absolute atomic E-state index is 11.5. The average molecular weight is 284 g/mol. The number of aromatic carboxylic acids is 1. The second-order valence-electron chi connectivity index (χ2n) is 3.74. The van der Waals surface area contributed by atoms with Crippen LogP contribution in [0, 0.1) is 0 Å². The number of carboxylic acids is 1. The SMILES string of the molecule is CCCCSC(=O)SCc1ccc(C(=O)O)cc1. The first-order chi connectivity index (χ1) is 8.63. The summed E-state index contributed by atoms with van der Waals surface area (Å²) in [5, 5.41) is 8.75. The van der Waals surface area contributed by atoms with Crippen molar-refractivity contribution in [2.24, 2.45) is 0 Å². The fraction of sp³-hybridized carbons (Fsp3) is 0.385. The first-order valence-corrected chi connectivity index (χ1v) is 7.72. The number of benzene rings is 1. The van der Waals surface area contributed by atoms with E-state index in [0.29, 0.717) is 5.75 Å². The van der Waals surface area contributed by atoms with Gasteiger partial charge in [-0.3, -0.25) is 4.79 Å². The summed E-state index contributed by atoms with van der Waals surface area (Å²) in [6, 6.07) is 6.63. The Balaban J connectivity index is 2.34. The molecule has 0 aliphatic carbocycles. The lowest BCUT2D eigenvalue weighted by Crippen LogP contribution is -1.95. The minimum Gasteiger partial charge on any atom is -0.478 e. The lowest BCUT2D eigenvalue weighted by atomic mass is 10.1. The van der Waals surface area contributed by atoms with E-state index in [4.69, 9.17) is 5.11 Å². The molecule has 0 amide bonds. The molecule has 1 aromatic carbocycles. The summed E-state index contributed by atoms with van der Waals surface area (Å²) in [5.74, 6) is 0.540. The molecule has 1 N–H and O–H groups in total. The monoisotopic (exact) mass is 284 g/mol. The summed E-state index contributed by atoms with van der Waals surface area (Å²) >= 11 is 2.63. The largest absolute Gasteiger partial charge is 0.478 e. The number of hydrogen-bond donors (Lipinski definition) is 1. The highest BCUT2D eigenvalue weighted by Crippen LogP contribution is 2.22. The minimum absolute atomic E-state index is 0.130. The zero-order valence-electron chi connectivity index (χ0n) is 10.2. The van der Waals surface area contributed by atoms with Crippen molar-refractivity contribution in [1.29, 1.82) is 0 Å². The molecule has 0 spiro atoms. The van der Waals surface area contributed by atoms with Crippen LogP contribution in [-0.2, 0) is 5.75 Å². The maximum atomic E-state index is 11.5. The van der Waals surface area contributed by atoms with Crippen LogP contribution >= 0.6 is 23.5 Å². The van der Waals surface area contributed by atoms with E-state index in [1.165, 1.54) is 23.5 Å². The quantitative estimate of drug-likeness (QED) is 0.790. The summed E-state index contributed by atoms with van der Waals surface area (Å²) in [6.07, 6.45) is 2.16. The number of thioether (sulfide) groups is 2. The summed E-state index contributed by atoms with van der Waals surface area (Å²) in [4.78, 5) is 22.2. The van der Waals surface area contributed by atoms with Crippen molar-refractivity contribution < 1.29 is 14.7 Å². The standard InChI is InChI=1S/C13H16O3S2/c1-2-3-8-17-13(16)18-9-10-4-6-11(7-5-10)12(14)15/h4-7H,2-3,8-9H2,1H3,(H,14,15). The Morgan fingerprint density at radius 2 is 1.83 bits per heavy atom. The van der Waals surface area contributed by atoms with Crippen LogP contribution in [0.1, 0.15) is 35.7 Å². The first kappa shape index (κ1) is 15.1. The van der Waals surface area contributed by atoms with Crippen LogP contribution < -0.4 is 0 Å². The number of carbonyl (C=O) groups excluding carboxylic acids is 1. The van der Waals surface area contributed by atoms with Crippen LogP contribution in [0.15, 0.2) is 24.3 Å². The van der Waals surface area contributed by atoms with Crippen molar-refractivity contribution in [2.45, 2.75) is 25.5 Å². The van der Waals surface area contributed by atoms with E-state index in [2.05, 4.69) is 6.92 Å². The zero-order chi connectivity index (χ0) is 13.4. The van der Waals surface area contributed by atoms with Crippen molar-refractivity contribution in [3.8, 4) is 0 Å². The summed E-state index contributed by atoms with van der Waals surface area (Å²) < 4.78 is 0.130. The van der Waals surface area contributed by atoms with Crippen molar-refractivity contribution >= 4 is 33.9 Å². The van der Waals surface area contributed by atoms with Crippen LogP contribution in [0.2, 0.25) is 0 Å². The summed E-state index contributed by atoms with van der Waals surface area (Å²) in [6.45, 7) is 2.10. The molecule has 0 bridgehead atoms. The Hall–Kier alpha value is -0.940. The number of carboxylic acid groups (broad SMARTS) is 1. The van der Waals surface area contributed by atoms with Gasteiger partial charge < -0.3 is 5.11 Å². The van der Waals surface area contributed by atoms with Crippen molar-refractivity contribution in [2.75, 3.05) is 5.75 Å². The molecule has 0 heterocycles. The molecule has 0 aliphatic heterocycles. The van der Waals surface area contributed by atoms with Gasteiger partial charge >= 0.3 is 5.97 Å². The minimum atomic E-state index is -0.930. The topological polar surface area (TPSA) is 54.4 Å². The van der Waals surface area contributed by atoms with Gasteiger partial charge in [-0.1, -0.05) is 49.0 Å². The van der Waals surface area contributed by atoms with E-state index >= 15 is 0 Å². The van der Waals surface area contributed by atoms with E-state index in [-0.39, 0.29) is 10.0 Å². The number of unbranched alkanes of at least 4 members (excludes halogenated alkanes) is 1. The molecular formula is C13H16O3S2. The van der Waals surface area contributed by atoms with Crippen LogP contribution in [0.25, 0.3) is 0 Å². The molecule has 0 unspecified atom stereocenters. The highest BCUT2D eigenvalue weighted by Gasteiger charge is 2.05. The van der Waals surface area contributed by atoms with E-state index < -0.39 is 5.97 Å². The number of carbonyl (C=O) groups is 2. The van der Waals surface area contributed by atoms with Gasteiger partial charge in [0.2, 0.25) is 4.45 Å². The molecule has 18 heavy (non-hydrogen) atoms. The molecule has 5 heteroatoms. The molecule has 1 rings (SSSR count). The van der Waals surface area contributed by atoms with Crippen LogP contribution in [0.3, 0.4) is 0 Å². The van der Waals surface area contributed by atoms with Crippen LogP contribution in [0.4, 0.5) is 4.79 Å². The van der Waals surface area contributed by atoms with Crippen molar-refractivity contribution in [3.05, 3.63) is 35.4 Å². The summed E-state index contributed by atoms with van der Waals surface area (Å²) in [7, 11) is 0. The molecule has 0 saturated heterocycles. The third-order valence-electron chi connectivity index (χ3n) is 2.28. The lowest BCUT2D eigenvalue weighted by molar-refractivity contribution is 0.0697. The molecule has 0 aliphatic rings. The second kappa shape index (κ2) is 8.21. The van der Waals surface area contributed by atoms with Gasteiger partial charge in [-0.25, -0.2) is 4.79 Å². The van der Waals surface area contributed by atoms with Gasteiger partial charge in [0.1, 0.15) is 0 Å². The predicted octanol–water partition coefficient (Wildman–Crippen LogP) is 4.27. The van der Waals surface area contributed by atoms with E-state index in [1.54, 1.807) is 24.3 Å². The fourth-order valence-electron chi connectivity index (χ4n) is 1.23. The molecule has 0 atom stereocenters. The lowest BCUT2D eigenvalue weighted by Gasteiger charge is -2.01. The predicted molar refractivity (Wildman–Crippen MR) is 77.5 cm³/mol. The van der Waals surface area contributed by atoms with Gasteiger partial charge in [-0.15, -0.1) is 0 Å². The molecule has 0 fully saturated rings. The van der Waals surface area contributed by atoms with Gasteiger partial charge in [-0.2, -0.15) is 0 Å². The van der Waals surface area contributed by atoms with Crippen LogP contribution in [-0.4, -0.2) is 21.3 Å². The third-order valence-corrected chi connectivity index (χ3v) is 4.42. The molecular weight excluding hydrogens is 268 g/mol. The highest BCUT2D eigenvalue weighted by atomic mass is 32.2. The smallest absolute Gasteiger partial charge is 0.335 e. The Morgan fingerprint density at radius 3 is 2.39 bits per heavy atom. The van der Waals surface area contributed by atoms with Crippen molar-refractivity contribution in [3.63, 3.8) is 0 Å². The van der Waals surface area contributed by atoms with E-state index in [0.717, 1.165) is 24.2 Å². The third kappa shape index (κ3) is 5.60. The number of rotatable bonds is 6. The molecule has 0 aromatic heterocycles. The molecule has 3 nitrogen and oxygen atoms in total. The Labute approximate surface area is 115 Å². The molecule has 98 valence electrons. The van der Waals surface area contributed by atoms with Gasteiger partial charge in [-0.05, 0) is 24.1 Å². The highest BCUT2D eigenvalue weighted by molar-refractivity contribution is 8.38. The normalized spacial score (nSPS) is 10.3. The van der Waals surface area contributed by atoms with E-state index in [9.17, 15) is 9.59 Å². The van der Waals surface area contributed by atoms with Gasteiger partial charge in [0.15, 0.2) is 0 Å². The van der Waals surface area contributed by atoms with Gasteiger partial charge in [0.05, 0.1) is 5.56 Å². The fourth-order valence-corrected chi connectivity index (χ4v) is 3.06. The Bertz CT molecular complexity index is 401. The van der Waals surface area contributed by atoms with Crippen LogP contribution in [0.5, 0.6) is 0 Å². The van der Waals surface area contributed by atoms with Gasteiger partial charge in [0, 0.05) is 11.5 Å². The Morgan fingerprint density at radius 1 is 1.17 bits per heavy atom. The second-order valence-corrected chi connectivity index (χ2v) is 6.02. The molecule has 0 radical (unpaired) electrons.